The molecule has 2 aromatic heterocycles. The van der Waals surface area contributed by atoms with Crippen molar-refractivity contribution in [1.29, 1.82) is 0 Å². The molecule has 7 nitrogen and oxygen atoms in total. The number of para-hydroxylation sites is 1. The molecule has 158 valence electrons. The lowest BCUT2D eigenvalue weighted by molar-refractivity contribution is 0.0997. The molecule has 2 heterocycles. The van der Waals surface area contributed by atoms with Crippen LogP contribution >= 0.6 is 0 Å². The van der Waals surface area contributed by atoms with E-state index in [0.29, 0.717) is 16.9 Å². The Kier molecular flexibility index (Phi) is 5.26. The third-order valence-corrected chi connectivity index (χ3v) is 4.67. The predicted octanol–water partition coefficient (Wildman–Crippen LogP) is 3.26. The second-order valence-electron chi connectivity index (χ2n) is 6.97. The van der Waals surface area contributed by atoms with Crippen molar-refractivity contribution in [1.82, 2.24) is 15.0 Å². The lowest BCUT2D eigenvalue weighted by Crippen LogP contribution is -2.20. The number of aromatic nitrogens is 3. The zero-order valence-electron chi connectivity index (χ0n) is 17.0. The van der Waals surface area contributed by atoms with Crippen molar-refractivity contribution in [3.63, 3.8) is 0 Å². The van der Waals surface area contributed by atoms with E-state index < -0.39 is 17.3 Å². The van der Waals surface area contributed by atoms with E-state index in [2.05, 4.69) is 33.4 Å². The molecule has 0 saturated heterocycles. The van der Waals surface area contributed by atoms with Crippen molar-refractivity contribution in [3.05, 3.63) is 90.0 Å². The minimum absolute atomic E-state index is 0.00749. The Morgan fingerprint density at radius 1 is 1.28 bits per heavy atom. The first kappa shape index (κ1) is 20.9. The molecule has 0 radical (unpaired) electrons. The number of nitrogens with zero attached hydrogens (tertiary/aromatic N) is 3. The fraction of sp³-hybridized carbons (Fsp3) is 0.0833. The number of carbonyl (C=O) groups is 1. The van der Waals surface area contributed by atoms with Gasteiger partial charge in [0.05, 0.1) is 6.20 Å². The lowest BCUT2D eigenvalue weighted by atomic mass is 10.0. The smallest absolute Gasteiger partial charge is 0.268 e. The highest BCUT2D eigenvalue weighted by atomic mass is 19.1. The maximum absolute atomic E-state index is 14.3. The average molecular weight is 428 g/mol. The molecule has 32 heavy (non-hydrogen) atoms. The third kappa shape index (κ3) is 3.85. The van der Waals surface area contributed by atoms with Gasteiger partial charge in [0.2, 0.25) is 11.5 Å². The molecule has 2 aromatic carbocycles. The number of aliphatic hydroxyl groups is 1. The monoisotopic (exact) mass is 428 g/mol. The van der Waals surface area contributed by atoms with Crippen LogP contribution in [0.3, 0.4) is 0 Å². The van der Waals surface area contributed by atoms with Gasteiger partial charge in [0.1, 0.15) is 22.8 Å². The van der Waals surface area contributed by atoms with Gasteiger partial charge in [-0.25, -0.2) is 19.3 Å². The number of aryl methyl sites for hydroxylation is 1. The van der Waals surface area contributed by atoms with Crippen LogP contribution < -0.4 is 5.73 Å². The molecule has 1 atom stereocenters. The van der Waals surface area contributed by atoms with Crippen molar-refractivity contribution in [2.45, 2.75) is 12.5 Å². The summed E-state index contributed by atoms with van der Waals surface area (Å²) in [4.78, 5) is 24.4. The lowest BCUT2D eigenvalue weighted by Gasteiger charge is -2.12. The number of hydrogen-bond acceptors (Lipinski definition) is 6. The molecule has 0 fully saturated rings. The van der Waals surface area contributed by atoms with Gasteiger partial charge in [-0.05, 0) is 37.1 Å². The number of carbonyl (C=O) groups excluding carboxylic acids is 1. The number of benzene rings is 2. The van der Waals surface area contributed by atoms with Crippen molar-refractivity contribution in [2.75, 3.05) is 0 Å². The summed E-state index contributed by atoms with van der Waals surface area (Å²) in [5.41, 5.74) is 4.56. The maximum Gasteiger partial charge on any atom is 0.268 e. The first-order valence-electron chi connectivity index (χ1n) is 9.49. The Balaban J connectivity index is 1.79. The molecular weight excluding hydrogens is 411 g/mol. The standard InChI is InChI=1S/C24H17FN4O3/c1-3-24(31,23-27-13-14(2)32-23)11-10-15-6-4-7-16(12-15)22-28-19-17(8-5-9-18(19)25)20(29-22)21(26)30/h3-9,12-13,31H,1H2,2H3,(H2,26,30)/t24-/m0/s1. The van der Waals surface area contributed by atoms with Gasteiger partial charge in [-0.15, -0.1) is 0 Å². The van der Waals surface area contributed by atoms with E-state index >= 15 is 0 Å². The van der Waals surface area contributed by atoms with Gasteiger partial charge >= 0.3 is 0 Å². The largest absolute Gasteiger partial charge is 0.442 e. The minimum Gasteiger partial charge on any atom is -0.442 e. The van der Waals surface area contributed by atoms with Crippen LogP contribution in [0.2, 0.25) is 0 Å². The van der Waals surface area contributed by atoms with Crippen LogP contribution in [0.4, 0.5) is 4.39 Å². The number of nitrogens with two attached hydrogens (primary N) is 1. The van der Waals surface area contributed by atoms with E-state index in [0.717, 1.165) is 0 Å². The minimum atomic E-state index is -1.79. The number of rotatable bonds is 4. The maximum atomic E-state index is 14.3. The second-order valence-corrected chi connectivity index (χ2v) is 6.97. The van der Waals surface area contributed by atoms with Crippen molar-refractivity contribution >= 4 is 16.8 Å². The number of halogens is 1. The van der Waals surface area contributed by atoms with E-state index in [4.69, 9.17) is 10.2 Å². The summed E-state index contributed by atoms with van der Waals surface area (Å²) in [7, 11) is 0. The third-order valence-electron chi connectivity index (χ3n) is 4.67. The number of amides is 1. The summed E-state index contributed by atoms with van der Waals surface area (Å²) in [5, 5.41) is 11.0. The van der Waals surface area contributed by atoms with Crippen LogP contribution in [0, 0.1) is 24.6 Å². The Morgan fingerprint density at radius 2 is 2.06 bits per heavy atom. The summed E-state index contributed by atoms with van der Waals surface area (Å²) < 4.78 is 19.7. The molecule has 1 amide bonds. The molecule has 0 saturated carbocycles. The zero-order chi connectivity index (χ0) is 22.9. The molecule has 0 aliphatic rings. The quantitative estimate of drug-likeness (QED) is 0.381. The fourth-order valence-electron chi connectivity index (χ4n) is 3.06. The van der Waals surface area contributed by atoms with Gasteiger partial charge < -0.3 is 15.3 Å². The van der Waals surface area contributed by atoms with Gasteiger partial charge in [0, 0.05) is 16.5 Å². The van der Waals surface area contributed by atoms with Crippen molar-refractivity contribution in [2.24, 2.45) is 5.73 Å². The molecule has 3 N–H and O–H groups in total. The highest BCUT2D eigenvalue weighted by molar-refractivity contribution is 6.04. The first-order chi connectivity index (χ1) is 15.3. The summed E-state index contributed by atoms with van der Waals surface area (Å²) in [6.07, 6.45) is 2.70. The molecule has 0 spiro atoms. The van der Waals surface area contributed by atoms with E-state index in [1.807, 2.05) is 0 Å². The highest BCUT2D eigenvalue weighted by Gasteiger charge is 2.28. The fourth-order valence-corrected chi connectivity index (χ4v) is 3.06. The number of oxazole rings is 1. The Labute approximate surface area is 182 Å². The Morgan fingerprint density at radius 3 is 2.75 bits per heavy atom. The van der Waals surface area contributed by atoms with Gasteiger partial charge in [-0.1, -0.05) is 36.8 Å². The highest BCUT2D eigenvalue weighted by Crippen LogP contribution is 2.25. The molecule has 4 rings (SSSR count). The molecule has 8 heteroatoms. The van der Waals surface area contributed by atoms with E-state index in [9.17, 15) is 14.3 Å². The van der Waals surface area contributed by atoms with E-state index in [1.54, 1.807) is 31.2 Å². The molecule has 0 bridgehead atoms. The Hall–Kier alpha value is -4.35. The topological polar surface area (TPSA) is 115 Å². The van der Waals surface area contributed by atoms with E-state index in [-0.39, 0.29) is 28.3 Å². The van der Waals surface area contributed by atoms with Crippen LogP contribution in [0.1, 0.15) is 27.7 Å². The first-order valence-corrected chi connectivity index (χ1v) is 9.49. The summed E-state index contributed by atoms with van der Waals surface area (Å²) in [6.45, 7) is 5.31. The zero-order valence-corrected chi connectivity index (χ0v) is 17.0. The van der Waals surface area contributed by atoms with E-state index in [1.165, 1.54) is 30.5 Å². The SMILES string of the molecule is C=C[C@](O)(C#Cc1cccc(-c2nc(C(N)=O)c3cccc(F)c3n2)c1)c1ncc(C)o1. The molecule has 0 aliphatic carbocycles. The summed E-state index contributed by atoms with van der Waals surface area (Å²) in [5.74, 6) is 4.80. The second kappa shape index (κ2) is 8.06. The Bertz CT molecular complexity index is 1430. The van der Waals surface area contributed by atoms with Crippen molar-refractivity contribution < 1.29 is 18.7 Å². The molecule has 0 unspecified atom stereocenters. The average Bonchev–Trinajstić information content (AvgIpc) is 3.24. The van der Waals surface area contributed by atoms with Gasteiger partial charge in [-0.3, -0.25) is 4.79 Å². The van der Waals surface area contributed by atoms with Gasteiger partial charge in [-0.2, -0.15) is 0 Å². The van der Waals surface area contributed by atoms with Crippen LogP contribution in [0.15, 0.2) is 65.7 Å². The molecule has 0 aliphatic heterocycles. The van der Waals surface area contributed by atoms with Crippen molar-refractivity contribution in [3.8, 4) is 23.2 Å². The predicted molar refractivity (Wildman–Crippen MR) is 116 cm³/mol. The normalized spacial score (nSPS) is 12.6. The summed E-state index contributed by atoms with van der Waals surface area (Å²) >= 11 is 0. The number of fused-ring (bicyclic) bond motifs is 1. The van der Waals surface area contributed by atoms with Crippen LogP contribution in [0.5, 0.6) is 0 Å². The van der Waals surface area contributed by atoms with Crippen LogP contribution in [-0.2, 0) is 5.60 Å². The van der Waals surface area contributed by atoms with Crippen LogP contribution in [-0.4, -0.2) is 26.0 Å². The van der Waals surface area contributed by atoms with Crippen LogP contribution in [0.25, 0.3) is 22.3 Å². The number of hydrogen-bond donors (Lipinski definition) is 2. The molecule has 4 aromatic rings. The molecular formula is C24H17FN4O3. The summed E-state index contributed by atoms with van der Waals surface area (Å²) in [6, 6.07) is 11.0. The number of primary amides is 1. The van der Waals surface area contributed by atoms with Gasteiger partial charge in [0.15, 0.2) is 5.82 Å². The van der Waals surface area contributed by atoms with Gasteiger partial charge in [0.25, 0.3) is 5.91 Å².